The minimum atomic E-state index is -0.907. The van der Waals surface area contributed by atoms with Gasteiger partial charge >= 0.3 is 6.09 Å². The van der Waals surface area contributed by atoms with Gasteiger partial charge in [0.05, 0.1) is 6.54 Å². The van der Waals surface area contributed by atoms with Crippen molar-refractivity contribution in [3.8, 4) is 0 Å². The van der Waals surface area contributed by atoms with Gasteiger partial charge in [-0.25, -0.2) is 4.79 Å². The zero-order valence-electron chi connectivity index (χ0n) is 18.2. The molecule has 0 bridgehead atoms. The Kier molecular flexibility index (Phi) is 9.20. The first-order valence-corrected chi connectivity index (χ1v) is 10.2. The van der Waals surface area contributed by atoms with Crippen LogP contribution in [-0.4, -0.2) is 66.8 Å². The maximum absolute atomic E-state index is 13.1. The second-order valence-corrected chi connectivity index (χ2v) is 8.22. The number of rotatable bonds is 8. The number of amides is 3. The number of nitrogens with one attached hydrogen (secondary N) is 2. The summed E-state index contributed by atoms with van der Waals surface area (Å²) in [6.45, 7) is 10.3. The molecule has 0 radical (unpaired) electrons. The lowest BCUT2D eigenvalue weighted by molar-refractivity contribution is -0.146. The predicted molar refractivity (Wildman–Crippen MR) is 107 cm³/mol. The van der Waals surface area contributed by atoms with E-state index in [1.54, 1.807) is 25.7 Å². The summed E-state index contributed by atoms with van der Waals surface area (Å²) in [6, 6.07) is 0. The molecule has 1 aliphatic carbocycles. The molecule has 0 saturated heterocycles. The molecule has 1 aliphatic rings. The Morgan fingerprint density at radius 1 is 1.07 bits per heavy atom. The number of likely N-dealkylation sites (N-methyl/N-ethyl adjacent to an activating group) is 1. The highest BCUT2D eigenvalue weighted by Gasteiger charge is 2.43. The monoisotopic (exact) mass is 399 g/mol. The van der Waals surface area contributed by atoms with E-state index in [2.05, 4.69) is 10.6 Å². The van der Waals surface area contributed by atoms with Gasteiger partial charge in [-0.1, -0.05) is 19.3 Å². The van der Waals surface area contributed by atoms with E-state index in [-0.39, 0.29) is 12.5 Å². The summed E-state index contributed by atoms with van der Waals surface area (Å²) in [4.78, 5) is 39.6. The van der Waals surface area contributed by atoms with Crippen molar-refractivity contribution < 1.29 is 23.9 Å². The molecule has 0 aliphatic heterocycles. The van der Waals surface area contributed by atoms with Crippen LogP contribution in [0.1, 0.15) is 66.7 Å². The lowest BCUT2D eigenvalue weighted by atomic mass is 9.80. The Hall–Kier alpha value is -1.83. The molecule has 1 saturated carbocycles. The fourth-order valence-corrected chi connectivity index (χ4v) is 3.45. The van der Waals surface area contributed by atoms with Gasteiger partial charge in [-0.05, 0) is 47.5 Å². The van der Waals surface area contributed by atoms with Gasteiger partial charge in [-0.3, -0.25) is 9.59 Å². The molecule has 0 aromatic rings. The fraction of sp³-hybridized carbons (Fsp3) is 0.850. The lowest BCUT2D eigenvalue weighted by Gasteiger charge is -2.40. The molecular formula is C20H37N3O5. The highest BCUT2D eigenvalue weighted by Crippen LogP contribution is 2.30. The number of carbonyl (C=O) groups excluding carboxylic acids is 3. The van der Waals surface area contributed by atoms with Crippen LogP contribution in [0.5, 0.6) is 0 Å². The zero-order valence-corrected chi connectivity index (χ0v) is 18.2. The van der Waals surface area contributed by atoms with Gasteiger partial charge in [0.1, 0.15) is 11.1 Å². The maximum atomic E-state index is 13.1. The summed E-state index contributed by atoms with van der Waals surface area (Å²) >= 11 is 0. The molecule has 1 fully saturated rings. The Labute approximate surface area is 168 Å². The van der Waals surface area contributed by atoms with E-state index >= 15 is 0 Å². The van der Waals surface area contributed by atoms with Crippen molar-refractivity contribution in [2.75, 3.05) is 26.7 Å². The summed E-state index contributed by atoms with van der Waals surface area (Å²) in [5.41, 5.74) is -1.53. The van der Waals surface area contributed by atoms with E-state index in [9.17, 15) is 14.4 Å². The number of hydrogen-bond acceptors (Lipinski definition) is 5. The topological polar surface area (TPSA) is 97.0 Å². The van der Waals surface area contributed by atoms with Crippen LogP contribution in [0, 0.1) is 0 Å². The molecule has 0 spiro atoms. The number of methoxy groups -OCH3 is 1. The van der Waals surface area contributed by atoms with Crippen LogP contribution in [0.2, 0.25) is 0 Å². The first-order valence-electron chi connectivity index (χ1n) is 10.2. The summed E-state index contributed by atoms with van der Waals surface area (Å²) < 4.78 is 10.4. The van der Waals surface area contributed by atoms with Crippen LogP contribution in [0.3, 0.4) is 0 Å². The van der Waals surface area contributed by atoms with Gasteiger partial charge in [0.25, 0.3) is 5.91 Å². The van der Waals surface area contributed by atoms with Crippen molar-refractivity contribution in [1.29, 1.82) is 0 Å². The van der Waals surface area contributed by atoms with Gasteiger partial charge in [-0.2, -0.15) is 0 Å². The zero-order chi connectivity index (χ0) is 21.4. The Morgan fingerprint density at radius 2 is 1.64 bits per heavy atom. The van der Waals surface area contributed by atoms with Gasteiger partial charge in [0, 0.05) is 20.2 Å². The van der Waals surface area contributed by atoms with Gasteiger partial charge in [0.15, 0.2) is 6.10 Å². The molecule has 2 N–H and O–H groups in total. The SMILES string of the molecule is CCN(CC)C(=O)C1(NC(=O)C(CNC(=O)OC(C)(C)C)OC)CCCCC1. The van der Waals surface area contributed by atoms with E-state index < -0.39 is 29.2 Å². The average Bonchev–Trinajstić information content (AvgIpc) is 2.62. The summed E-state index contributed by atoms with van der Waals surface area (Å²) in [6.07, 6.45) is 2.54. The Bertz CT molecular complexity index is 534. The molecule has 0 aromatic carbocycles. The lowest BCUT2D eigenvalue weighted by Crippen LogP contribution is -2.62. The van der Waals surface area contributed by atoms with E-state index in [1.165, 1.54) is 7.11 Å². The number of ether oxygens (including phenoxy) is 2. The van der Waals surface area contributed by atoms with Crippen LogP contribution >= 0.6 is 0 Å². The normalized spacial score (nSPS) is 17.4. The van der Waals surface area contributed by atoms with Crippen molar-refractivity contribution in [3.05, 3.63) is 0 Å². The van der Waals surface area contributed by atoms with E-state index in [4.69, 9.17) is 9.47 Å². The largest absolute Gasteiger partial charge is 0.444 e. The number of hydrogen-bond donors (Lipinski definition) is 2. The second-order valence-electron chi connectivity index (χ2n) is 8.22. The third-order valence-corrected chi connectivity index (χ3v) is 4.94. The first kappa shape index (κ1) is 24.2. The molecule has 0 heterocycles. The predicted octanol–water partition coefficient (Wildman–Crippen LogP) is 2.21. The average molecular weight is 400 g/mol. The van der Waals surface area contributed by atoms with Crippen molar-refractivity contribution in [3.63, 3.8) is 0 Å². The molecule has 0 aromatic heterocycles. The number of nitrogens with zero attached hydrogens (tertiary/aromatic N) is 1. The quantitative estimate of drug-likeness (QED) is 0.652. The van der Waals surface area contributed by atoms with Gasteiger partial charge < -0.3 is 25.0 Å². The molecule has 1 rings (SSSR count). The van der Waals surface area contributed by atoms with Crippen molar-refractivity contribution >= 4 is 17.9 Å². The Balaban J connectivity index is 2.82. The van der Waals surface area contributed by atoms with Crippen LogP contribution in [0.15, 0.2) is 0 Å². The minimum absolute atomic E-state index is 0.0349. The molecule has 8 heteroatoms. The highest BCUT2D eigenvalue weighted by atomic mass is 16.6. The smallest absolute Gasteiger partial charge is 0.407 e. The van der Waals surface area contributed by atoms with Crippen LogP contribution in [-0.2, 0) is 19.1 Å². The summed E-state index contributed by atoms with van der Waals surface area (Å²) in [7, 11) is 1.40. The van der Waals surface area contributed by atoms with Gasteiger partial charge in [-0.15, -0.1) is 0 Å². The minimum Gasteiger partial charge on any atom is -0.444 e. The molecule has 28 heavy (non-hydrogen) atoms. The third-order valence-electron chi connectivity index (χ3n) is 4.94. The molecule has 8 nitrogen and oxygen atoms in total. The third kappa shape index (κ3) is 6.96. The number of carbonyl (C=O) groups is 3. The summed E-state index contributed by atoms with van der Waals surface area (Å²) in [5.74, 6) is -0.443. The van der Waals surface area contributed by atoms with Crippen molar-refractivity contribution in [2.45, 2.75) is 84.0 Å². The van der Waals surface area contributed by atoms with Gasteiger partial charge in [0.2, 0.25) is 5.91 Å². The summed E-state index contributed by atoms with van der Waals surface area (Å²) in [5, 5.41) is 5.51. The highest BCUT2D eigenvalue weighted by molar-refractivity contribution is 5.93. The number of alkyl carbamates (subject to hydrolysis) is 1. The van der Waals surface area contributed by atoms with Crippen LogP contribution in [0.25, 0.3) is 0 Å². The second kappa shape index (κ2) is 10.6. The molecule has 3 amide bonds. The molecule has 162 valence electrons. The van der Waals surface area contributed by atoms with Crippen LogP contribution in [0.4, 0.5) is 4.79 Å². The van der Waals surface area contributed by atoms with Crippen molar-refractivity contribution in [2.24, 2.45) is 0 Å². The Morgan fingerprint density at radius 3 is 2.11 bits per heavy atom. The fourth-order valence-electron chi connectivity index (χ4n) is 3.45. The molecule has 1 atom stereocenters. The first-order chi connectivity index (χ1) is 13.1. The standard InChI is InChI=1S/C20H37N3O5/c1-7-23(8-2)17(25)20(12-10-9-11-13-20)22-16(24)15(27-6)14-21-18(26)28-19(3,4)5/h15H,7-14H2,1-6H3,(H,21,26)(H,22,24). The van der Waals surface area contributed by atoms with E-state index in [0.29, 0.717) is 25.9 Å². The van der Waals surface area contributed by atoms with Crippen LogP contribution < -0.4 is 10.6 Å². The van der Waals surface area contributed by atoms with E-state index in [1.807, 2.05) is 13.8 Å². The van der Waals surface area contributed by atoms with Crippen molar-refractivity contribution in [1.82, 2.24) is 15.5 Å². The molecular weight excluding hydrogens is 362 g/mol. The molecule has 1 unspecified atom stereocenters. The maximum Gasteiger partial charge on any atom is 0.407 e. The van der Waals surface area contributed by atoms with E-state index in [0.717, 1.165) is 19.3 Å².